The summed E-state index contributed by atoms with van der Waals surface area (Å²) in [6, 6.07) is 5.88. The fraction of sp³-hybridized carbons (Fsp3) is 0.600. The molecule has 186 valence electrons. The van der Waals surface area contributed by atoms with Gasteiger partial charge < -0.3 is 14.2 Å². The van der Waals surface area contributed by atoms with Crippen molar-refractivity contribution in [2.45, 2.75) is 76.1 Å². The highest BCUT2D eigenvalue weighted by Gasteiger charge is 2.31. The summed E-state index contributed by atoms with van der Waals surface area (Å²) in [6.07, 6.45) is 5.87. The molecule has 2 heterocycles. The number of carbonyl (C=O) groups is 1. The Kier molecular flexibility index (Phi) is 7.72. The molecule has 1 aliphatic heterocycles. The minimum Gasteiger partial charge on any atom is -0.376 e. The summed E-state index contributed by atoms with van der Waals surface area (Å²) in [4.78, 5) is 19.1. The molecular formula is C25H34FN3O4S. The van der Waals surface area contributed by atoms with E-state index in [1.165, 1.54) is 18.2 Å². The van der Waals surface area contributed by atoms with Crippen LogP contribution in [0.2, 0.25) is 0 Å². The molecule has 0 spiro atoms. The number of hydrogen-bond donors (Lipinski definition) is 0. The summed E-state index contributed by atoms with van der Waals surface area (Å²) in [6.45, 7) is 6.00. The second-order valence-corrected chi connectivity index (χ2v) is 11.8. The first-order chi connectivity index (χ1) is 16.2. The van der Waals surface area contributed by atoms with Crippen LogP contribution in [0.15, 0.2) is 35.6 Å². The first-order valence-electron chi connectivity index (χ1n) is 12.1. The van der Waals surface area contributed by atoms with Crippen LogP contribution in [0, 0.1) is 17.7 Å². The molecule has 1 aliphatic carbocycles. The van der Waals surface area contributed by atoms with Crippen LogP contribution in [0.4, 0.5) is 4.39 Å². The third kappa shape index (κ3) is 6.24. The van der Waals surface area contributed by atoms with Crippen LogP contribution in [0.5, 0.6) is 0 Å². The van der Waals surface area contributed by atoms with E-state index in [1.54, 1.807) is 16.8 Å². The number of sulfone groups is 1. The predicted molar refractivity (Wildman–Crippen MR) is 126 cm³/mol. The van der Waals surface area contributed by atoms with Crippen LogP contribution >= 0.6 is 0 Å². The van der Waals surface area contributed by atoms with Crippen LogP contribution in [0.1, 0.15) is 57.2 Å². The number of halogens is 1. The van der Waals surface area contributed by atoms with Crippen molar-refractivity contribution >= 4 is 15.7 Å². The lowest BCUT2D eigenvalue weighted by atomic mass is 10.1. The highest BCUT2D eigenvalue weighted by Crippen LogP contribution is 2.31. The molecule has 2 aliphatic rings. The molecule has 2 fully saturated rings. The summed E-state index contributed by atoms with van der Waals surface area (Å²) < 4.78 is 48.3. The molecule has 1 atom stereocenters. The molecule has 9 heteroatoms. The van der Waals surface area contributed by atoms with Gasteiger partial charge in [-0.05, 0) is 43.6 Å². The third-order valence-electron chi connectivity index (χ3n) is 6.36. The minimum absolute atomic E-state index is 0.0718. The number of benzene rings is 1. The van der Waals surface area contributed by atoms with E-state index in [4.69, 9.17) is 4.74 Å². The Morgan fingerprint density at radius 2 is 2.03 bits per heavy atom. The average molecular weight is 492 g/mol. The molecule has 0 N–H and O–H groups in total. The highest BCUT2D eigenvalue weighted by atomic mass is 32.2. The Morgan fingerprint density at radius 3 is 2.68 bits per heavy atom. The lowest BCUT2D eigenvalue weighted by molar-refractivity contribution is -0.133. The Morgan fingerprint density at radius 1 is 1.26 bits per heavy atom. The maximum atomic E-state index is 14.2. The van der Waals surface area contributed by atoms with Gasteiger partial charge in [0, 0.05) is 25.1 Å². The van der Waals surface area contributed by atoms with Gasteiger partial charge in [-0.2, -0.15) is 0 Å². The third-order valence-corrected chi connectivity index (χ3v) is 7.93. The van der Waals surface area contributed by atoms with Gasteiger partial charge in [0.05, 0.1) is 36.8 Å². The van der Waals surface area contributed by atoms with Crippen molar-refractivity contribution in [3.8, 4) is 0 Å². The minimum atomic E-state index is -3.92. The van der Waals surface area contributed by atoms with Crippen molar-refractivity contribution in [2.24, 2.45) is 11.8 Å². The van der Waals surface area contributed by atoms with Gasteiger partial charge >= 0.3 is 0 Å². The van der Waals surface area contributed by atoms with Crippen molar-refractivity contribution in [1.82, 2.24) is 14.5 Å². The molecule has 34 heavy (non-hydrogen) atoms. The van der Waals surface area contributed by atoms with Gasteiger partial charge in [0.1, 0.15) is 5.82 Å². The van der Waals surface area contributed by atoms with E-state index in [-0.39, 0.29) is 28.6 Å². The van der Waals surface area contributed by atoms with Crippen molar-refractivity contribution in [3.63, 3.8) is 0 Å². The van der Waals surface area contributed by atoms with E-state index < -0.39 is 21.4 Å². The molecular weight excluding hydrogens is 457 g/mol. The normalized spacial score (nSPS) is 18.5. The molecule has 1 aromatic heterocycles. The Bertz CT molecular complexity index is 1110. The summed E-state index contributed by atoms with van der Waals surface area (Å²) in [5.41, 5.74) is 0.776. The number of ether oxygens (including phenoxy) is 1. The zero-order valence-electron chi connectivity index (χ0n) is 20.0. The molecule has 0 radical (unpaired) electrons. The molecule has 1 saturated carbocycles. The lowest BCUT2D eigenvalue weighted by Gasteiger charge is -2.25. The van der Waals surface area contributed by atoms with Crippen molar-refractivity contribution in [2.75, 3.05) is 13.2 Å². The number of hydrogen-bond acceptors (Lipinski definition) is 5. The van der Waals surface area contributed by atoms with Crippen LogP contribution < -0.4 is 0 Å². The van der Waals surface area contributed by atoms with Crippen molar-refractivity contribution < 1.29 is 22.3 Å². The smallest absolute Gasteiger partial charge is 0.228 e. The van der Waals surface area contributed by atoms with Crippen LogP contribution in [0.3, 0.4) is 0 Å². The SMILES string of the molecule is CC(C)CC(=O)N(Cc1cnc(S(=O)(=O)Cc2ccccc2F)n1C[C@@H]1CCCO1)CC1CC1. The van der Waals surface area contributed by atoms with E-state index in [1.807, 2.05) is 18.7 Å². The van der Waals surface area contributed by atoms with Gasteiger partial charge in [0.25, 0.3) is 0 Å². The standard InChI is InChI=1S/C25H34FN3O4S/c1-18(2)12-24(30)28(14-19-9-10-19)15-21-13-27-25(29(21)16-22-7-5-11-33-22)34(31,32)17-20-6-3-4-8-23(20)26/h3-4,6,8,13,18-19,22H,5,7,9-12,14-17H2,1-2H3/t22-/m0/s1. The first-order valence-corrected chi connectivity index (χ1v) is 13.8. The van der Waals surface area contributed by atoms with Gasteiger partial charge in [0.15, 0.2) is 0 Å². The van der Waals surface area contributed by atoms with E-state index in [0.29, 0.717) is 44.3 Å². The maximum absolute atomic E-state index is 14.2. The van der Waals surface area contributed by atoms with E-state index in [9.17, 15) is 17.6 Å². The second kappa shape index (κ2) is 10.6. The van der Waals surface area contributed by atoms with Gasteiger partial charge in [-0.3, -0.25) is 4.79 Å². The van der Waals surface area contributed by atoms with E-state index in [0.717, 1.165) is 25.7 Å². The number of amides is 1. The summed E-state index contributed by atoms with van der Waals surface area (Å²) >= 11 is 0. The highest BCUT2D eigenvalue weighted by molar-refractivity contribution is 7.90. The molecule has 1 saturated heterocycles. The quantitative estimate of drug-likeness (QED) is 0.475. The summed E-state index contributed by atoms with van der Waals surface area (Å²) in [5.74, 6) is -0.210. The van der Waals surface area contributed by atoms with Crippen molar-refractivity contribution in [3.05, 3.63) is 47.5 Å². The fourth-order valence-corrected chi connectivity index (χ4v) is 5.89. The monoisotopic (exact) mass is 491 g/mol. The molecule has 1 aromatic carbocycles. The molecule has 0 unspecified atom stereocenters. The zero-order valence-corrected chi connectivity index (χ0v) is 20.8. The van der Waals surface area contributed by atoms with Crippen LogP contribution in [-0.4, -0.2) is 48.0 Å². The largest absolute Gasteiger partial charge is 0.376 e. The number of rotatable bonds is 11. The molecule has 0 bridgehead atoms. The Hall–Kier alpha value is -2.26. The summed E-state index contributed by atoms with van der Waals surface area (Å²) in [7, 11) is -3.92. The average Bonchev–Trinajstić information content (AvgIpc) is 3.26. The summed E-state index contributed by atoms with van der Waals surface area (Å²) in [5, 5.41) is -0.0936. The van der Waals surface area contributed by atoms with Crippen LogP contribution in [0.25, 0.3) is 0 Å². The molecule has 2 aromatic rings. The van der Waals surface area contributed by atoms with E-state index in [2.05, 4.69) is 4.98 Å². The number of carbonyl (C=O) groups excluding carboxylic acids is 1. The zero-order chi connectivity index (χ0) is 24.3. The van der Waals surface area contributed by atoms with E-state index >= 15 is 0 Å². The van der Waals surface area contributed by atoms with Gasteiger partial charge in [-0.15, -0.1) is 0 Å². The van der Waals surface area contributed by atoms with Gasteiger partial charge in [-0.25, -0.2) is 17.8 Å². The number of nitrogens with zero attached hydrogens (tertiary/aromatic N) is 3. The topological polar surface area (TPSA) is 81.5 Å². The molecule has 7 nitrogen and oxygen atoms in total. The Labute approximate surface area is 201 Å². The van der Waals surface area contributed by atoms with Crippen LogP contribution in [-0.2, 0) is 38.2 Å². The van der Waals surface area contributed by atoms with Gasteiger partial charge in [-0.1, -0.05) is 32.0 Å². The number of imidazole rings is 1. The first kappa shape index (κ1) is 24.9. The Balaban J connectivity index is 1.64. The second-order valence-electron chi connectivity index (χ2n) is 9.94. The number of aromatic nitrogens is 2. The maximum Gasteiger partial charge on any atom is 0.228 e. The van der Waals surface area contributed by atoms with Crippen molar-refractivity contribution in [1.29, 1.82) is 0 Å². The lowest BCUT2D eigenvalue weighted by Crippen LogP contribution is -2.34. The predicted octanol–water partition coefficient (Wildman–Crippen LogP) is 3.96. The molecule has 1 amide bonds. The van der Waals surface area contributed by atoms with Gasteiger partial charge in [0.2, 0.25) is 20.9 Å². The fourth-order valence-electron chi connectivity index (χ4n) is 4.38. The molecule has 4 rings (SSSR count).